The predicted molar refractivity (Wildman–Crippen MR) is 63.5 cm³/mol. The molecule has 1 aliphatic carbocycles. The summed E-state index contributed by atoms with van der Waals surface area (Å²) in [4.78, 5) is 10.2. The molecule has 1 fully saturated rings. The first kappa shape index (κ1) is 11.8. The summed E-state index contributed by atoms with van der Waals surface area (Å²) in [5.74, 6) is -0.564. The predicted octanol–water partition coefficient (Wildman–Crippen LogP) is 3.34. The van der Waals surface area contributed by atoms with Crippen LogP contribution in [0.15, 0.2) is 18.2 Å². The van der Waals surface area contributed by atoms with E-state index in [1.165, 1.54) is 18.2 Å². The van der Waals surface area contributed by atoms with Gasteiger partial charge in [-0.15, -0.1) is 0 Å². The highest BCUT2D eigenvalue weighted by Crippen LogP contribution is 2.48. The minimum atomic E-state index is -0.564. The molecule has 5 heteroatoms. The molecule has 0 aliphatic heterocycles. The largest absolute Gasteiger partial charge is 0.377 e. The molecule has 1 aliphatic rings. The summed E-state index contributed by atoms with van der Waals surface area (Å²) in [7, 11) is 0. The van der Waals surface area contributed by atoms with Gasteiger partial charge in [0.05, 0.1) is 4.92 Å². The molecule has 0 saturated heterocycles. The number of nitro groups is 1. The molecule has 1 aromatic rings. The Morgan fingerprint density at radius 3 is 2.76 bits per heavy atom. The van der Waals surface area contributed by atoms with E-state index in [1.807, 2.05) is 0 Å². The average Bonchev–Trinajstić information content (AvgIpc) is 3.08. The first-order valence-electron chi connectivity index (χ1n) is 5.75. The standard InChI is InChI=1S/C12H15FN2O2/c1-2-12(6-7-12)8-14-11-9(13)4-3-5-10(11)15(16)17/h3-5,14H,2,6-8H2,1H3. The fourth-order valence-corrected chi connectivity index (χ4v) is 1.95. The Morgan fingerprint density at radius 1 is 1.53 bits per heavy atom. The minimum absolute atomic E-state index is 0.0113. The van der Waals surface area contributed by atoms with E-state index in [2.05, 4.69) is 12.2 Å². The lowest BCUT2D eigenvalue weighted by Gasteiger charge is -2.14. The van der Waals surface area contributed by atoms with Crippen LogP contribution in [0.5, 0.6) is 0 Å². The fraction of sp³-hybridized carbons (Fsp3) is 0.500. The molecule has 1 N–H and O–H groups in total. The minimum Gasteiger partial charge on any atom is -0.377 e. The van der Waals surface area contributed by atoms with Gasteiger partial charge in [-0.05, 0) is 30.7 Å². The van der Waals surface area contributed by atoms with Crippen molar-refractivity contribution in [3.8, 4) is 0 Å². The Labute approximate surface area is 99.0 Å². The number of nitro benzene ring substituents is 1. The van der Waals surface area contributed by atoms with Gasteiger partial charge in [-0.1, -0.05) is 13.0 Å². The Balaban J connectivity index is 2.17. The molecule has 0 amide bonds. The van der Waals surface area contributed by atoms with Gasteiger partial charge in [0.2, 0.25) is 0 Å². The highest BCUT2D eigenvalue weighted by Gasteiger charge is 2.40. The van der Waals surface area contributed by atoms with Gasteiger partial charge in [-0.3, -0.25) is 10.1 Å². The van der Waals surface area contributed by atoms with Gasteiger partial charge >= 0.3 is 0 Å². The first-order chi connectivity index (χ1) is 8.08. The summed E-state index contributed by atoms with van der Waals surface area (Å²) in [6.45, 7) is 2.69. The molecule has 0 heterocycles. The molecule has 92 valence electrons. The van der Waals surface area contributed by atoms with Crippen LogP contribution < -0.4 is 5.32 Å². The molecule has 0 atom stereocenters. The number of anilines is 1. The fourth-order valence-electron chi connectivity index (χ4n) is 1.95. The second kappa shape index (κ2) is 4.31. The highest BCUT2D eigenvalue weighted by atomic mass is 19.1. The van der Waals surface area contributed by atoms with Crippen LogP contribution in [0.25, 0.3) is 0 Å². The summed E-state index contributed by atoms with van der Waals surface area (Å²) < 4.78 is 13.5. The molecular weight excluding hydrogens is 223 g/mol. The second-order valence-electron chi connectivity index (χ2n) is 4.60. The van der Waals surface area contributed by atoms with Crippen LogP contribution in [0.1, 0.15) is 26.2 Å². The first-order valence-corrected chi connectivity index (χ1v) is 5.75. The lowest BCUT2D eigenvalue weighted by molar-refractivity contribution is -0.384. The van der Waals surface area contributed by atoms with E-state index in [4.69, 9.17) is 0 Å². The molecule has 0 radical (unpaired) electrons. The zero-order chi connectivity index (χ0) is 12.5. The van der Waals surface area contributed by atoms with Gasteiger partial charge < -0.3 is 5.32 Å². The molecule has 0 unspecified atom stereocenters. The molecule has 1 aromatic carbocycles. The van der Waals surface area contributed by atoms with Crippen molar-refractivity contribution in [1.82, 2.24) is 0 Å². The van der Waals surface area contributed by atoms with E-state index in [0.717, 1.165) is 19.3 Å². The number of rotatable bonds is 5. The van der Waals surface area contributed by atoms with Crippen molar-refractivity contribution in [3.05, 3.63) is 34.1 Å². The summed E-state index contributed by atoms with van der Waals surface area (Å²) in [6.07, 6.45) is 3.24. The van der Waals surface area contributed by atoms with Crippen LogP contribution in [0.2, 0.25) is 0 Å². The smallest absolute Gasteiger partial charge is 0.295 e. The number of halogens is 1. The molecular formula is C12H15FN2O2. The maximum Gasteiger partial charge on any atom is 0.295 e. The van der Waals surface area contributed by atoms with Crippen LogP contribution in [0, 0.1) is 21.3 Å². The lowest BCUT2D eigenvalue weighted by Crippen LogP contribution is -2.16. The molecule has 4 nitrogen and oxygen atoms in total. The Kier molecular flexibility index (Phi) is 3.00. The van der Waals surface area contributed by atoms with E-state index in [1.54, 1.807) is 0 Å². The van der Waals surface area contributed by atoms with E-state index in [9.17, 15) is 14.5 Å². The van der Waals surface area contributed by atoms with Crippen molar-refractivity contribution in [2.45, 2.75) is 26.2 Å². The van der Waals surface area contributed by atoms with Crippen molar-refractivity contribution < 1.29 is 9.31 Å². The van der Waals surface area contributed by atoms with Crippen molar-refractivity contribution >= 4 is 11.4 Å². The summed E-state index contributed by atoms with van der Waals surface area (Å²) >= 11 is 0. The summed E-state index contributed by atoms with van der Waals surface area (Å²) in [5, 5.41) is 13.7. The molecule has 0 aromatic heterocycles. The third-order valence-corrected chi connectivity index (χ3v) is 3.54. The van der Waals surface area contributed by atoms with Gasteiger partial charge in [0, 0.05) is 12.6 Å². The molecule has 2 rings (SSSR count). The summed E-state index contributed by atoms with van der Waals surface area (Å²) in [5.41, 5.74) is 0.0324. The van der Waals surface area contributed by atoms with Crippen LogP contribution in [0.4, 0.5) is 15.8 Å². The zero-order valence-corrected chi connectivity index (χ0v) is 9.70. The van der Waals surface area contributed by atoms with E-state index < -0.39 is 10.7 Å². The second-order valence-corrected chi connectivity index (χ2v) is 4.60. The average molecular weight is 238 g/mol. The highest BCUT2D eigenvalue weighted by molar-refractivity contribution is 5.62. The van der Waals surface area contributed by atoms with Gasteiger partial charge in [-0.25, -0.2) is 4.39 Å². The number of para-hydroxylation sites is 1. The van der Waals surface area contributed by atoms with Crippen molar-refractivity contribution in [3.63, 3.8) is 0 Å². The maximum atomic E-state index is 13.5. The van der Waals surface area contributed by atoms with Crippen LogP contribution in [0.3, 0.4) is 0 Å². The quantitative estimate of drug-likeness (QED) is 0.632. The number of hydrogen-bond donors (Lipinski definition) is 1. The van der Waals surface area contributed by atoms with Crippen molar-refractivity contribution in [1.29, 1.82) is 0 Å². The SMILES string of the molecule is CCC1(CNc2c(F)cccc2[N+](=O)[O-])CC1. The normalized spacial score (nSPS) is 16.6. The van der Waals surface area contributed by atoms with E-state index in [-0.39, 0.29) is 16.8 Å². The third kappa shape index (κ3) is 2.38. The van der Waals surface area contributed by atoms with Crippen molar-refractivity contribution in [2.24, 2.45) is 5.41 Å². The van der Waals surface area contributed by atoms with Crippen LogP contribution in [-0.4, -0.2) is 11.5 Å². The number of hydrogen-bond acceptors (Lipinski definition) is 3. The van der Waals surface area contributed by atoms with Crippen molar-refractivity contribution in [2.75, 3.05) is 11.9 Å². The Bertz CT molecular complexity index is 444. The van der Waals surface area contributed by atoms with Gasteiger partial charge in [0.25, 0.3) is 5.69 Å². The lowest BCUT2D eigenvalue weighted by atomic mass is 10.0. The molecule has 0 bridgehead atoms. The van der Waals surface area contributed by atoms with Gasteiger partial charge in [0.1, 0.15) is 5.69 Å². The summed E-state index contributed by atoms with van der Waals surface area (Å²) in [6, 6.07) is 3.91. The molecule has 0 spiro atoms. The Morgan fingerprint density at radius 2 is 2.24 bits per heavy atom. The number of nitrogens with one attached hydrogen (secondary N) is 1. The van der Waals surface area contributed by atoms with Crippen LogP contribution >= 0.6 is 0 Å². The molecule has 17 heavy (non-hydrogen) atoms. The van der Waals surface area contributed by atoms with Crippen LogP contribution in [-0.2, 0) is 0 Å². The third-order valence-electron chi connectivity index (χ3n) is 3.54. The Hall–Kier alpha value is -1.65. The van der Waals surface area contributed by atoms with Gasteiger partial charge in [0.15, 0.2) is 5.82 Å². The topological polar surface area (TPSA) is 55.2 Å². The maximum absolute atomic E-state index is 13.5. The van der Waals surface area contributed by atoms with E-state index in [0.29, 0.717) is 6.54 Å². The number of nitrogens with zero attached hydrogens (tertiary/aromatic N) is 1. The van der Waals surface area contributed by atoms with Gasteiger partial charge in [-0.2, -0.15) is 0 Å². The monoisotopic (exact) mass is 238 g/mol. The number of benzene rings is 1. The zero-order valence-electron chi connectivity index (χ0n) is 9.70. The van der Waals surface area contributed by atoms with E-state index >= 15 is 0 Å². The molecule has 1 saturated carbocycles.